The summed E-state index contributed by atoms with van der Waals surface area (Å²) < 4.78 is 0. The predicted octanol–water partition coefficient (Wildman–Crippen LogP) is 6.06. The number of nitrogens with one attached hydrogen (secondary N) is 1. The van der Waals surface area contributed by atoms with Crippen LogP contribution in [0.3, 0.4) is 0 Å². The number of carbonyl (C=O) groups excluding carboxylic acids is 2. The molecule has 2 aromatic rings. The molecule has 1 atom stereocenters. The Morgan fingerprint density at radius 2 is 1.67 bits per heavy atom. The van der Waals surface area contributed by atoms with Crippen molar-refractivity contribution in [3.8, 4) is 0 Å². The Hall–Kier alpha value is -1.98. The Balaban J connectivity index is 1.65. The molecular weight excluding hydrogens is 452 g/mol. The summed E-state index contributed by atoms with van der Waals surface area (Å²) in [6.07, 6.45) is 5.59. The molecule has 1 aliphatic carbocycles. The lowest BCUT2D eigenvalue weighted by Crippen LogP contribution is -2.50. The SMILES string of the molecule is Cc1cc(C)cc(CSCC(=O)N(Cc2ccc(Cl)cc2)C(C)C(=O)NC2CCCCC2)c1. The van der Waals surface area contributed by atoms with Gasteiger partial charge >= 0.3 is 0 Å². The quantitative estimate of drug-likeness (QED) is 0.469. The fourth-order valence-corrected chi connectivity index (χ4v) is 5.40. The zero-order valence-electron chi connectivity index (χ0n) is 19.9. The molecule has 4 nitrogen and oxygen atoms in total. The number of carbonyl (C=O) groups is 2. The molecule has 1 N–H and O–H groups in total. The van der Waals surface area contributed by atoms with Gasteiger partial charge in [0.25, 0.3) is 0 Å². The van der Waals surface area contributed by atoms with E-state index >= 15 is 0 Å². The van der Waals surface area contributed by atoms with Crippen LogP contribution in [0.5, 0.6) is 0 Å². The van der Waals surface area contributed by atoms with Gasteiger partial charge < -0.3 is 10.2 Å². The van der Waals surface area contributed by atoms with E-state index in [1.165, 1.54) is 23.1 Å². The second-order valence-corrected chi connectivity index (χ2v) is 10.6. The Morgan fingerprint density at radius 3 is 2.30 bits per heavy atom. The van der Waals surface area contributed by atoms with Crippen LogP contribution in [0.15, 0.2) is 42.5 Å². The van der Waals surface area contributed by atoms with Gasteiger partial charge in [0.2, 0.25) is 11.8 Å². The summed E-state index contributed by atoms with van der Waals surface area (Å²) in [5.41, 5.74) is 4.64. The van der Waals surface area contributed by atoms with Crippen molar-refractivity contribution in [2.75, 3.05) is 5.75 Å². The number of aryl methyl sites for hydroxylation is 2. The molecule has 0 saturated heterocycles. The van der Waals surface area contributed by atoms with Crippen molar-refractivity contribution < 1.29 is 9.59 Å². The van der Waals surface area contributed by atoms with E-state index in [1.54, 1.807) is 16.7 Å². The maximum atomic E-state index is 13.3. The summed E-state index contributed by atoms with van der Waals surface area (Å²) in [5.74, 6) is 1.02. The minimum absolute atomic E-state index is 0.0226. The topological polar surface area (TPSA) is 49.4 Å². The molecule has 2 aromatic carbocycles. The molecule has 0 aromatic heterocycles. The third-order valence-electron chi connectivity index (χ3n) is 6.16. The van der Waals surface area contributed by atoms with E-state index in [4.69, 9.17) is 11.6 Å². The molecule has 178 valence electrons. The predicted molar refractivity (Wildman–Crippen MR) is 139 cm³/mol. The third kappa shape index (κ3) is 8.08. The Morgan fingerprint density at radius 1 is 1.03 bits per heavy atom. The van der Waals surface area contributed by atoms with E-state index in [-0.39, 0.29) is 17.9 Å². The highest BCUT2D eigenvalue weighted by atomic mass is 35.5. The van der Waals surface area contributed by atoms with Gasteiger partial charge in [-0.15, -0.1) is 11.8 Å². The zero-order valence-corrected chi connectivity index (χ0v) is 21.5. The van der Waals surface area contributed by atoms with Crippen molar-refractivity contribution in [2.24, 2.45) is 0 Å². The van der Waals surface area contributed by atoms with E-state index < -0.39 is 6.04 Å². The van der Waals surface area contributed by atoms with E-state index in [0.29, 0.717) is 17.3 Å². The summed E-state index contributed by atoms with van der Waals surface area (Å²) >= 11 is 7.63. The monoisotopic (exact) mass is 486 g/mol. The third-order valence-corrected chi connectivity index (χ3v) is 7.40. The minimum Gasteiger partial charge on any atom is -0.352 e. The Kier molecular flexibility index (Phi) is 9.69. The Bertz CT molecular complexity index is 921. The number of hydrogen-bond acceptors (Lipinski definition) is 3. The van der Waals surface area contributed by atoms with Gasteiger partial charge in [-0.05, 0) is 56.9 Å². The van der Waals surface area contributed by atoms with Crippen molar-refractivity contribution in [3.05, 3.63) is 69.7 Å². The van der Waals surface area contributed by atoms with Gasteiger partial charge in [-0.25, -0.2) is 0 Å². The van der Waals surface area contributed by atoms with Crippen LogP contribution in [-0.4, -0.2) is 34.6 Å². The molecular formula is C27H35ClN2O2S. The van der Waals surface area contributed by atoms with Crippen LogP contribution in [0.4, 0.5) is 0 Å². The van der Waals surface area contributed by atoms with Gasteiger partial charge in [0.05, 0.1) is 5.75 Å². The molecule has 0 bridgehead atoms. The first-order valence-electron chi connectivity index (χ1n) is 11.8. The summed E-state index contributed by atoms with van der Waals surface area (Å²) in [4.78, 5) is 28.0. The second kappa shape index (κ2) is 12.5. The smallest absolute Gasteiger partial charge is 0.242 e. The highest BCUT2D eigenvalue weighted by Gasteiger charge is 2.28. The van der Waals surface area contributed by atoms with Crippen LogP contribution < -0.4 is 5.32 Å². The molecule has 33 heavy (non-hydrogen) atoms. The van der Waals surface area contributed by atoms with Crippen molar-refractivity contribution >= 4 is 35.2 Å². The molecule has 6 heteroatoms. The fraction of sp³-hybridized carbons (Fsp3) is 0.481. The van der Waals surface area contributed by atoms with Crippen LogP contribution in [0.1, 0.15) is 61.3 Å². The Labute approximate surface area is 207 Å². The van der Waals surface area contributed by atoms with Gasteiger partial charge in [0.15, 0.2) is 0 Å². The number of nitrogens with zero attached hydrogens (tertiary/aromatic N) is 1. The number of hydrogen-bond donors (Lipinski definition) is 1. The lowest BCUT2D eigenvalue weighted by Gasteiger charge is -2.31. The van der Waals surface area contributed by atoms with Crippen LogP contribution in [0, 0.1) is 13.8 Å². The maximum absolute atomic E-state index is 13.3. The number of rotatable bonds is 9. The van der Waals surface area contributed by atoms with Crippen molar-refractivity contribution in [1.29, 1.82) is 0 Å². The molecule has 1 fully saturated rings. The first-order valence-corrected chi connectivity index (χ1v) is 13.3. The highest BCUT2D eigenvalue weighted by Crippen LogP contribution is 2.20. The van der Waals surface area contributed by atoms with E-state index in [9.17, 15) is 9.59 Å². The van der Waals surface area contributed by atoms with Crippen molar-refractivity contribution in [1.82, 2.24) is 10.2 Å². The zero-order chi connectivity index (χ0) is 23.8. The lowest BCUT2D eigenvalue weighted by atomic mass is 9.95. The summed E-state index contributed by atoms with van der Waals surface area (Å²) in [5, 5.41) is 3.84. The number of benzene rings is 2. The van der Waals surface area contributed by atoms with E-state index in [1.807, 2.05) is 31.2 Å². The summed E-state index contributed by atoms with van der Waals surface area (Å²) in [7, 11) is 0. The number of amides is 2. The maximum Gasteiger partial charge on any atom is 0.242 e. The van der Waals surface area contributed by atoms with E-state index in [0.717, 1.165) is 37.0 Å². The number of halogens is 1. The van der Waals surface area contributed by atoms with Crippen LogP contribution in [0.25, 0.3) is 0 Å². The molecule has 0 heterocycles. The first-order chi connectivity index (χ1) is 15.8. The summed E-state index contributed by atoms with van der Waals surface area (Å²) in [6.45, 7) is 6.40. The molecule has 3 rings (SSSR count). The summed E-state index contributed by atoms with van der Waals surface area (Å²) in [6, 6.07) is 13.6. The molecule has 0 spiro atoms. The standard InChI is InChI=1S/C27H35ClN2O2S/c1-19-13-20(2)15-23(14-19)17-33-18-26(31)30(16-22-9-11-24(28)12-10-22)21(3)27(32)29-25-7-5-4-6-8-25/h9-15,21,25H,4-8,16-18H2,1-3H3,(H,29,32). The molecule has 0 aliphatic heterocycles. The molecule has 1 aliphatic rings. The molecule has 1 unspecified atom stereocenters. The van der Waals surface area contributed by atoms with Gasteiger partial charge in [-0.1, -0.05) is 72.3 Å². The van der Waals surface area contributed by atoms with Crippen molar-refractivity contribution in [2.45, 2.75) is 77.3 Å². The second-order valence-electron chi connectivity index (χ2n) is 9.16. The normalized spacial score (nSPS) is 15.2. The largest absolute Gasteiger partial charge is 0.352 e. The molecule has 2 amide bonds. The first kappa shape index (κ1) is 25.6. The van der Waals surface area contributed by atoms with E-state index in [2.05, 4.69) is 37.4 Å². The highest BCUT2D eigenvalue weighted by molar-refractivity contribution is 7.99. The average molecular weight is 487 g/mol. The van der Waals surface area contributed by atoms with Crippen LogP contribution in [0.2, 0.25) is 5.02 Å². The van der Waals surface area contributed by atoms with Crippen molar-refractivity contribution in [3.63, 3.8) is 0 Å². The van der Waals surface area contributed by atoms with Gasteiger partial charge in [-0.2, -0.15) is 0 Å². The molecule has 1 saturated carbocycles. The van der Waals surface area contributed by atoms with Crippen LogP contribution >= 0.6 is 23.4 Å². The fourth-order valence-electron chi connectivity index (χ4n) is 4.43. The van der Waals surface area contributed by atoms with Gasteiger partial charge in [0.1, 0.15) is 6.04 Å². The minimum atomic E-state index is -0.531. The van der Waals surface area contributed by atoms with Crippen LogP contribution in [-0.2, 0) is 21.9 Å². The van der Waals surface area contributed by atoms with Gasteiger partial charge in [0, 0.05) is 23.4 Å². The average Bonchev–Trinajstić information content (AvgIpc) is 2.78. The van der Waals surface area contributed by atoms with Gasteiger partial charge in [-0.3, -0.25) is 9.59 Å². The number of thioether (sulfide) groups is 1. The lowest BCUT2D eigenvalue weighted by molar-refractivity contribution is -0.139. The molecule has 0 radical (unpaired) electrons.